The van der Waals surface area contributed by atoms with Crippen LogP contribution in [-0.2, 0) is 4.74 Å². The summed E-state index contributed by atoms with van der Waals surface area (Å²) in [6.07, 6.45) is 14.8. The number of halogens is 1. The smallest absolute Gasteiger partial charge is 0.0656 e. The second-order valence-corrected chi connectivity index (χ2v) is 8.97. The first-order valence-corrected chi connectivity index (χ1v) is 9.83. The van der Waals surface area contributed by atoms with Crippen molar-refractivity contribution in [3.63, 3.8) is 0 Å². The first-order valence-electron chi connectivity index (χ1n) is 8.91. The minimum Gasteiger partial charge on any atom is -0.374 e. The summed E-state index contributed by atoms with van der Waals surface area (Å²) in [6.45, 7) is 4.82. The number of rotatable bonds is 2. The van der Waals surface area contributed by atoms with Gasteiger partial charge in [-0.2, -0.15) is 0 Å². The minimum atomic E-state index is 0.489. The average Bonchev–Trinajstić information content (AvgIpc) is 2.70. The highest BCUT2D eigenvalue weighted by Crippen LogP contribution is 2.56. The molecular weight excluding hydrogens is 312 g/mol. The van der Waals surface area contributed by atoms with Crippen LogP contribution in [0.25, 0.3) is 0 Å². The van der Waals surface area contributed by atoms with E-state index in [2.05, 4.69) is 29.8 Å². The number of hydrogen-bond donors (Lipinski definition) is 0. The van der Waals surface area contributed by atoms with Crippen LogP contribution in [0.3, 0.4) is 0 Å². The van der Waals surface area contributed by atoms with Gasteiger partial charge in [-0.3, -0.25) is 0 Å². The molecule has 1 spiro atoms. The summed E-state index contributed by atoms with van der Waals surface area (Å²) in [6, 6.07) is 0. The zero-order valence-electron chi connectivity index (χ0n) is 13.2. The van der Waals surface area contributed by atoms with Crippen LogP contribution in [0.4, 0.5) is 0 Å². The van der Waals surface area contributed by atoms with E-state index in [-0.39, 0.29) is 0 Å². The Morgan fingerprint density at radius 1 is 0.900 bits per heavy atom. The van der Waals surface area contributed by atoms with E-state index < -0.39 is 0 Å². The Hall–Kier alpha value is 0.440. The largest absolute Gasteiger partial charge is 0.374 e. The van der Waals surface area contributed by atoms with Gasteiger partial charge in [0, 0.05) is 10.2 Å². The third-order valence-corrected chi connectivity index (χ3v) is 7.91. The molecule has 20 heavy (non-hydrogen) atoms. The summed E-state index contributed by atoms with van der Waals surface area (Å²) < 4.78 is 6.64. The van der Waals surface area contributed by atoms with E-state index in [1.807, 2.05) is 0 Å². The molecule has 0 amide bonds. The van der Waals surface area contributed by atoms with E-state index in [1.165, 1.54) is 64.2 Å². The maximum Gasteiger partial charge on any atom is 0.0656 e. The molecule has 0 heterocycles. The second-order valence-electron chi connectivity index (χ2n) is 7.86. The highest BCUT2D eigenvalue weighted by atomic mass is 79.9. The minimum absolute atomic E-state index is 0.489. The van der Waals surface area contributed by atoms with Crippen molar-refractivity contribution >= 4 is 15.9 Å². The van der Waals surface area contributed by atoms with Crippen molar-refractivity contribution in [2.24, 2.45) is 17.3 Å². The number of alkyl halides is 1. The summed E-state index contributed by atoms with van der Waals surface area (Å²) >= 11 is 3.96. The van der Waals surface area contributed by atoms with Gasteiger partial charge in [-0.25, -0.2) is 0 Å². The molecule has 2 heteroatoms. The Morgan fingerprint density at radius 3 is 2.20 bits per heavy atom. The Kier molecular flexibility index (Phi) is 4.82. The topological polar surface area (TPSA) is 9.23 Å². The van der Waals surface area contributed by atoms with Gasteiger partial charge in [0.1, 0.15) is 0 Å². The van der Waals surface area contributed by atoms with Gasteiger partial charge in [-0.15, -0.1) is 0 Å². The lowest BCUT2D eigenvalue weighted by atomic mass is 9.61. The van der Waals surface area contributed by atoms with E-state index in [9.17, 15) is 0 Å². The Balaban J connectivity index is 1.60. The summed E-state index contributed by atoms with van der Waals surface area (Å²) in [7, 11) is 0. The van der Waals surface area contributed by atoms with E-state index in [1.54, 1.807) is 0 Å². The van der Waals surface area contributed by atoms with Crippen molar-refractivity contribution in [2.45, 2.75) is 95.1 Å². The van der Waals surface area contributed by atoms with Crippen LogP contribution >= 0.6 is 15.9 Å². The molecule has 0 aromatic heterocycles. The van der Waals surface area contributed by atoms with Crippen molar-refractivity contribution < 1.29 is 4.74 Å². The molecule has 0 saturated heterocycles. The summed E-state index contributed by atoms with van der Waals surface area (Å²) in [5, 5.41) is 0. The zero-order valence-corrected chi connectivity index (χ0v) is 14.8. The molecular formula is C18H31BrO. The first-order chi connectivity index (χ1) is 9.62. The van der Waals surface area contributed by atoms with E-state index in [0.29, 0.717) is 17.6 Å². The Bertz CT molecular complexity index is 321. The molecule has 3 fully saturated rings. The fourth-order valence-corrected chi connectivity index (χ4v) is 5.86. The van der Waals surface area contributed by atoms with E-state index in [0.717, 1.165) is 16.7 Å². The van der Waals surface area contributed by atoms with Crippen LogP contribution in [0.15, 0.2) is 0 Å². The third kappa shape index (κ3) is 2.84. The lowest BCUT2D eigenvalue weighted by Crippen LogP contribution is -2.56. The molecule has 0 radical (unpaired) electrons. The van der Waals surface area contributed by atoms with Gasteiger partial charge >= 0.3 is 0 Å². The Morgan fingerprint density at radius 2 is 1.60 bits per heavy atom. The average molecular weight is 343 g/mol. The molecule has 0 aliphatic heterocycles. The van der Waals surface area contributed by atoms with Crippen molar-refractivity contribution in [3.8, 4) is 0 Å². The van der Waals surface area contributed by atoms with Crippen LogP contribution in [0.2, 0.25) is 0 Å². The zero-order chi connectivity index (χ0) is 14.2. The summed E-state index contributed by atoms with van der Waals surface area (Å²) in [5.74, 6) is 1.74. The molecule has 0 bridgehead atoms. The van der Waals surface area contributed by atoms with Crippen LogP contribution in [-0.4, -0.2) is 17.0 Å². The summed E-state index contributed by atoms with van der Waals surface area (Å²) in [5.41, 5.74) is 0.489. The Labute approximate surface area is 133 Å². The van der Waals surface area contributed by atoms with Crippen molar-refractivity contribution in [3.05, 3.63) is 0 Å². The van der Waals surface area contributed by atoms with Gasteiger partial charge in [-0.05, 0) is 50.4 Å². The number of hydrogen-bond acceptors (Lipinski definition) is 1. The second kappa shape index (κ2) is 6.28. The molecule has 5 unspecified atom stereocenters. The normalized spacial score (nSPS) is 44.9. The lowest BCUT2D eigenvalue weighted by Gasteiger charge is -2.55. The van der Waals surface area contributed by atoms with Gasteiger partial charge in [-0.1, -0.05) is 55.5 Å². The summed E-state index contributed by atoms with van der Waals surface area (Å²) in [4.78, 5) is 0.720. The SMILES string of the molecule is CC1CCC(OC2CC(Br)C23CCCCCC3)CC1C. The molecule has 3 rings (SSSR count). The third-order valence-electron chi connectivity index (χ3n) is 6.63. The van der Waals surface area contributed by atoms with Crippen molar-refractivity contribution in [1.29, 1.82) is 0 Å². The highest BCUT2D eigenvalue weighted by Gasteiger charge is 2.54. The predicted octanol–water partition coefficient (Wildman–Crippen LogP) is 5.70. The standard InChI is InChI=1S/C18H31BrO/c1-13-7-8-15(11-14(13)2)20-17-12-16(19)18(17)9-5-3-4-6-10-18/h13-17H,3-12H2,1-2H3. The highest BCUT2D eigenvalue weighted by molar-refractivity contribution is 9.09. The van der Waals surface area contributed by atoms with E-state index in [4.69, 9.17) is 4.74 Å². The molecule has 5 atom stereocenters. The fraction of sp³-hybridized carbons (Fsp3) is 1.00. The van der Waals surface area contributed by atoms with Crippen LogP contribution in [0, 0.1) is 17.3 Å². The van der Waals surface area contributed by atoms with Crippen LogP contribution in [0.5, 0.6) is 0 Å². The van der Waals surface area contributed by atoms with Gasteiger partial charge in [0.05, 0.1) is 12.2 Å². The molecule has 3 aliphatic carbocycles. The monoisotopic (exact) mass is 342 g/mol. The predicted molar refractivity (Wildman–Crippen MR) is 88.3 cm³/mol. The molecule has 1 nitrogen and oxygen atoms in total. The first kappa shape index (κ1) is 15.3. The molecule has 3 aliphatic rings. The molecule has 116 valence electrons. The maximum atomic E-state index is 6.64. The van der Waals surface area contributed by atoms with Crippen LogP contribution < -0.4 is 0 Å². The fourth-order valence-electron chi connectivity index (χ4n) is 4.77. The van der Waals surface area contributed by atoms with E-state index >= 15 is 0 Å². The quantitative estimate of drug-likeness (QED) is 0.584. The van der Waals surface area contributed by atoms with Crippen molar-refractivity contribution in [1.82, 2.24) is 0 Å². The molecule has 0 aromatic carbocycles. The maximum absolute atomic E-state index is 6.64. The molecule has 3 saturated carbocycles. The lowest BCUT2D eigenvalue weighted by molar-refractivity contribution is -0.155. The van der Waals surface area contributed by atoms with Gasteiger partial charge in [0.25, 0.3) is 0 Å². The molecule has 0 N–H and O–H groups in total. The van der Waals surface area contributed by atoms with Gasteiger partial charge in [0.2, 0.25) is 0 Å². The molecule has 0 aromatic rings. The van der Waals surface area contributed by atoms with Gasteiger partial charge < -0.3 is 4.74 Å². The van der Waals surface area contributed by atoms with Crippen molar-refractivity contribution in [2.75, 3.05) is 0 Å². The number of ether oxygens (including phenoxy) is 1. The van der Waals surface area contributed by atoms with Gasteiger partial charge in [0.15, 0.2) is 0 Å². The van der Waals surface area contributed by atoms with Crippen LogP contribution in [0.1, 0.15) is 78.1 Å².